The van der Waals surface area contributed by atoms with Crippen LogP contribution in [0.2, 0.25) is 0 Å². The number of nitrogens with zero attached hydrogens (tertiary/aromatic N) is 3. The molecular weight excluding hydrogens is 226 g/mol. The molecule has 1 atom stereocenters. The monoisotopic (exact) mass is 245 g/mol. The van der Waals surface area contributed by atoms with Crippen LogP contribution in [0.15, 0.2) is 35.1 Å². The van der Waals surface area contributed by atoms with Gasteiger partial charge < -0.3 is 4.42 Å². The minimum atomic E-state index is 0.309. The van der Waals surface area contributed by atoms with Crippen LogP contribution in [0.5, 0.6) is 0 Å². The van der Waals surface area contributed by atoms with Crippen LogP contribution in [0.1, 0.15) is 36.7 Å². The van der Waals surface area contributed by atoms with E-state index in [9.17, 15) is 0 Å². The molecule has 4 heteroatoms. The lowest BCUT2D eigenvalue weighted by Crippen LogP contribution is -2.24. The summed E-state index contributed by atoms with van der Waals surface area (Å²) in [6, 6.07) is 6.35. The van der Waals surface area contributed by atoms with Gasteiger partial charge in [-0.1, -0.05) is 13.0 Å². The zero-order chi connectivity index (χ0) is 13.0. The summed E-state index contributed by atoms with van der Waals surface area (Å²) in [5.74, 6) is 0.712. The van der Waals surface area contributed by atoms with E-state index in [2.05, 4.69) is 34.9 Å². The normalized spacial score (nSPS) is 12.9. The molecule has 0 saturated carbocycles. The maximum absolute atomic E-state index is 5.23. The first kappa shape index (κ1) is 12.8. The summed E-state index contributed by atoms with van der Waals surface area (Å²) in [4.78, 5) is 11.0. The molecule has 0 unspecified atom stereocenters. The maximum Gasteiger partial charge on any atom is 0.191 e. The van der Waals surface area contributed by atoms with Gasteiger partial charge in [0.15, 0.2) is 5.89 Å². The van der Waals surface area contributed by atoms with Crippen molar-refractivity contribution in [2.75, 3.05) is 7.05 Å². The number of aromatic nitrogens is 2. The molecule has 0 N–H and O–H groups in total. The first-order chi connectivity index (χ1) is 8.70. The highest BCUT2D eigenvalue weighted by atomic mass is 16.3. The van der Waals surface area contributed by atoms with E-state index < -0.39 is 0 Å². The predicted molar refractivity (Wildman–Crippen MR) is 70.0 cm³/mol. The summed E-state index contributed by atoms with van der Waals surface area (Å²) in [7, 11) is 2.09. The smallest absolute Gasteiger partial charge is 0.191 e. The molecule has 0 fully saturated rings. The molecule has 0 aliphatic rings. The maximum atomic E-state index is 5.23. The van der Waals surface area contributed by atoms with Gasteiger partial charge in [-0.25, -0.2) is 4.98 Å². The number of rotatable bonds is 5. The van der Waals surface area contributed by atoms with Crippen molar-refractivity contribution >= 4 is 0 Å². The zero-order valence-corrected chi connectivity index (χ0v) is 11.1. The van der Waals surface area contributed by atoms with Crippen LogP contribution in [0.4, 0.5) is 0 Å². The Morgan fingerprint density at radius 3 is 2.78 bits per heavy atom. The van der Waals surface area contributed by atoms with E-state index >= 15 is 0 Å². The fraction of sp³-hybridized carbons (Fsp3) is 0.429. The van der Waals surface area contributed by atoms with Crippen LogP contribution >= 0.6 is 0 Å². The molecule has 0 spiro atoms. The Labute approximate surface area is 108 Å². The van der Waals surface area contributed by atoms with E-state index in [1.807, 2.05) is 25.3 Å². The summed E-state index contributed by atoms with van der Waals surface area (Å²) in [5, 5.41) is 0. The average molecular weight is 245 g/mol. The molecule has 0 aliphatic heterocycles. The first-order valence-electron chi connectivity index (χ1n) is 6.23. The molecule has 96 valence electrons. The molecular formula is C14H19N3O. The van der Waals surface area contributed by atoms with E-state index in [0.717, 1.165) is 24.4 Å². The van der Waals surface area contributed by atoms with Gasteiger partial charge in [-0.05, 0) is 25.6 Å². The van der Waals surface area contributed by atoms with Crippen molar-refractivity contribution in [2.45, 2.75) is 32.9 Å². The number of pyridine rings is 1. The fourth-order valence-corrected chi connectivity index (χ4v) is 2.17. The highest BCUT2D eigenvalue weighted by molar-refractivity contribution is 5.09. The molecule has 0 aromatic carbocycles. The minimum absolute atomic E-state index is 0.309. The van der Waals surface area contributed by atoms with Gasteiger partial charge in [-0.15, -0.1) is 0 Å². The topological polar surface area (TPSA) is 42.2 Å². The van der Waals surface area contributed by atoms with Gasteiger partial charge in [0.2, 0.25) is 0 Å². The van der Waals surface area contributed by atoms with Crippen molar-refractivity contribution in [3.8, 4) is 0 Å². The molecule has 2 rings (SSSR count). The Balaban J connectivity index is 2.08. The quantitative estimate of drug-likeness (QED) is 0.812. The Morgan fingerprint density at radius 1 is 1.39 bits per heavy atom. The SMILES string of the molecule is CC[C@H](c1ccccn1)N(C)Cc1coc(C)n1. The van der Waals surface area contributed by atoms with E-state index in [4.69, 9.17) is 4.42 Å². The number of oxazole rings is 1. The minimum Gasteiger partial charge on any atom is -0.449 e. The van der Waals surface area contributed by atoms with Crippen molar-refractivity contribution < 1.29 is 4.42 Å². The molecule has 0 bridgehead atoms. The lowest BCUT2D eigenvalue weighted by Gasteiger charge is -2.25. The lowest BCUT2D eigenvalue weighted by atomic mass is 10.1. The van der Waals surface area contributed by atoms with E-state index in [-0.39, 0.29) is 0 Å². The molecule has 4 nitrogen and oxygen atoms in total. The van der Waals surface area contributed by atoms with Gasteiger partial charge in [0.05, 0.1) is 17.4 Å². The third-order valence-corrected chi connectivity index (χ3v) is 3.03. The summed E-state index contributed by atoms with van der Waals surface area (Å²) in [5.41, 5.74) is 2.06. The van der Waals surface area contributed by atoms with Gasteiger partial charge >= 0.3 is 0 Å². The second-order valence-corrected chi connectivity index (χ2v) is 4.45. The van der Waals surface area contributed by atoms with Crippen molar-refractivity contribution in [1.29, 1.82) is 0 Å². The highest BCUT2D eigenvalue weighted by Crippen LogP contribution is 2.22. The number of hydrogen-bond donors (Lipinski definition) is 0. The van der Waals surface area contributed by atoms with Crippen LogP contribution in [-0.2, 0) is 6.54 Å². The molecule has 18 heavy (non-hydrogen) atoms. The molecule has 2 aromatic heterocycles. The second kappa shape index (κ2) is 5.78. The van der Waals surface area contributed by atoms with Gasteiger partial charge in [-0.3, -0.25) is 9.88 Å². The predicted octanol–water partition coefficient (Wildman–Crippen LogP) is 2.96. The lowest BCUT2D eigenvalue weighted by molar-refractivity contribution is 0.223. The van der Waals surface area contributed by atoms with Crippen LogP contribution < -0.4 is 0 Å². The molecule has 0 radical (unpaired) electrons. The van der Waals surface area contributed by atoms with Crippen molar-refractivity contribution in [3.05, 3.63) is 47.9 Å². The van der Waals surface area contributed by atoms with Crippen molar-refractivity contribution in [2.24, 2.45) is 0 Å². The van der Waals surface area contributed by atoms with E-state index in [1.54, 1.807) is 6.26 Å². The summed E-state index contributed by atoms with van der Waals surface area (Å²) in [6.45, 7) is 4.80. The average Bonchev–Trinajstić information content (AvgIpc) is 2.77. The summed E-state index contributed by atoms with van der Waals surface area (Å²) >= 11 is 0. The van der Waals surface area contributed by atoms with Gasteiger partial charge in [-0.2, -0.15) is 0 Å². The number of aryl methyl sites for hydroxylation is 1. The highest BCUT2D eigenvalue weighted by Gasteiger charge is 2.17. The Hall–Kier alpha value is -1.68. The van der Waals surface area contributed by atoms with Crippen LogP contribution in [-0.4, -0.2) is 21.9 Å². The van der Waals surface area contributed by atoms with E-state index in [0.29, 0.717) is 11.9 Å². The molecule has 0 saturated heterocycles. The van der Waals surface area contributed by atoms with E-state index in [1.165, 1.54) is 0 Å². The van der Waals surface area contributed by atoms with Crippen LogP contribution in [0.3, 0.4) is 0 Å². The fourth-order valence-electron chi connectivity index (χ4n) is 2.17. The van der Waals surface area contributed by atoms with Crippen molar-refractivity contribution in [3.63, 3.8) is 0 Å². The second-order valence-electron chi connectivity index (χ2n) is 4.45. The van der Waals surface area contributed by atoms with Gasteiger partial charge in [0.25, 0.3) is 0 Å². The third kappa shape index (κ3) is 2.96. The Bertz CT molecular complexity index is 481. The number of hydrogen-bond acceptors (Lipinski definition) is 4. The van der Waals surface area contributed by atoms with Gasteiger partial charge in [0.1, 0.15) is 6.26 Å². The third-order valence-electron chi connectivity index (χ3n) is 3.03. The summed E-state index contributed by atoms with van der Waals surface area (Å²) in [6.07, 6.45) is 4.58. The Morgan fingerprint density at radius 2 is 2.22 bits per heavy atom. The Kier molecular flexibility index (Phi) is 4.10. The molecule has 2 aromatic rings. The largest absolute Gasteiger partial charge is 0.449 e. The summed E-state index contributed by atoms with van der Waals surface area (Å²) < 4.78 is 5.23. The molecule has 0 aliphatic carbocycles. The first-order valence-corrected chi connectivity index (χ1v) is 6.23. The standard InChI is InChI=1S/C14H19N3O/c1-4-14(13-7-5-6-8-15-13)17(3)9-12-10-18-11(2)16-12/h5-8,10,14H,4,9H2,1-3H3/t14-/m1/s1. The molecule has 0 amide bonds. The van der Waals surface area contributed by atoms with Gasteiger partial charge in [0, 0.05) is 19.7 Å². The van der Waals surface area contributed by atoms with Crippen LogP contribution in [0.25, 0.3) is 0 Å². The molecule has 2 heterocycles. The van der Waals surface area contributed by atoms with Crippen LogP contribution in [0, 0.1) is 6.92 Å². The zero-order valence-electron chi connectivity index (χ0n) is 11.1. The van der Waals surface area contributed by atoms with Crippen molar-refractivity contribution in [1.82, 2.24) is 14.9 Å².